The molecule has 0 saturated carbocycles. The van der Waals surface area contributed by atoms with Gasteiger partial charge in [-0.3, -0.25) is 14.5 Å². The average Bonchev–Trinajstić information content (AvgIpc) is 3.20. The van der Waals surface area contributed by atoms with Crippen LogP contribution >= 0.6 is 0 Å². The van der Waals surface area contributed by atoms with Crippen LogP contribution < -0.4 is 9.62 Å². The molecule has 142 valence electrons. The second kappa shape index (κ2) is 7.36. The molecule has 8 heteroatoms. The predicted octanol–water partition coefficient (Wildman–Crippen LogP) is 1.21. The summed E-state index contributed by atoms with van der Waals surface area (Å²) in [6.07, 6.45) is 2.41. The van der Waals surface area contributed by atoms with Gasteiger partial charge < -0.3 is 5.32 Å². The third-order valence-corrected chi connectivity index (χ3v) is 6.91. The van der Waals surface area contributed by atoms with E-state index in [1.165, 1.54) is 25.0 Å². The first-order chi connectivity index (χ1) is 12.3. The lowest BCUT2D eigenvalue weighted by Crippen LogP contribution is -2.40. The summed E-state index contributed by atoms with van der Waals surface area (Å²) in [5.74, 6) is -1.36. The molecule has 0 aliphatic carbocycles. The highest BCUT2D eigenvalue weighted by molar-refractivity contribution is 7.94. The maximum Gasteiger partial charge on any atom is 0.251 e. The van der Waals surface area contributed by atoms with E-state index in [-0.39, 0.29) is 23.4 Å². The van der Waals surface area contributed by atoms with Crippen molar-refractivity contribution in [1.82, 2.24) is 10.2 Å². The Balaban J connectivity index is 1.64. The van der Waals surface area contributed by atoms with Crippen molar-refractivity contribution in [1.29, 1.82) is 0 Å². The maximum absolute atomic E-state index is 12.3. The van der Waals surface area contributed by atoms with E-state index in [1.807, 2.05) is 0 Å². The van der Waals surface area contributed by atoms with E-state index in [0.29, 0.717) is 12.1 Å². The van der Waals surface area contributed by atoms with Crippen LogP contribution in [0.4, 0.5) is 5.69 Å². The van der Waals surface area contributed by atoms with Gasteiger partial charge in [0.2, 0.25) is 15.9 Å². The molecular weight excluding hydrogens is 354 g/mol. The Kier molecular flexibility index (Phi) is 5.34. The zero-order valence-corrected chi connectivity index (χ0v) is 16.0. The largest absolute Gasteiger partial charge is 0.350 e. The van der Waals surface area contributed by atoms with Gasteiger partial charge in [-0.25, -0.2) is 12.7 Å². The first kappa shape index (κ1) is 18.8. The maximum atomic E-state index is 12.3. The molecule has 2 aliphatic rings. The minimum Gasteiger partial charge on any atom is -0.350 e. The first-order valence-corrected chi connectivity index (χ1v) is 10.6. The van der Waals surface area contributed by atoms with Crippen molar-refractivity contribution < 1.29 is 18.0 Å². The number of benzene rings is 1. The lowest BCUT2D eigenvalue weighted by Gasteiger charge is -2.23. The number of anilines is 1. The first-order valence-electron chi connectivity index (χ1n) is 8.99. The van der Waals surface area contributed by atoms with Crippen molar-refractivity contribution in [2.45, 2.75) is 32.7 Å². The van der Waals surface area contributed by atoms with Crippen LogP contribution in [0.3, 0.4) is 0 Å². The monoisotopic (exact) mass is 379 g/mol. The van der Waals surface area contributed by atoms with Crippen LogP contribution in [-0.2, 0) is 14.8 Å². The predicted molar refractivity (Wildman–Crippen MR) is 99.5 cm³/mol. The van der Waals surface area contributed by atoms with Gasteiger partial charge in [0.05, 0.1) is 17.4 Å². The van der Waals surface area contributed by atoms with Crippen molar-refractivity contribution in [2.24, 2.45) is 5.92 Å². The van der Waals surface area contributed by atoms with Crippen LogP contribution in [0.25, 0.3) is 0 Å². The summed E-state index contributed by atoms with van der Waals surface area (Å²) >= 11 is 0. The van der Waals surface area contributed by atoms with Crippen molar-refractivity contribution >= 4 is 27.5 Å². The summed E-state index contributed by atoms with van der Waals surface area (Å²) in [6.45, 7) is 6.41. The Morgan fingerprint density at radius 1 is 1.23 bits per heavy atom. The van der Waals surface area contributed by atoms with Gasteiger partial charge in [0.15, 0.2) is 0 Å². The van der Waals surface area contributed by atoms with Crippen LogP contribution in [0.2, 0.25) is 0 Å². The van der Waals surface area contributed by atoms with E-state index in [1.54, 1.807) is 19.1 Å². The fraction of sp³-hybridized carbons (Fsp3) is 0.556. The van der Waals surface area contributed by atoms with Gasteiger partial charge in [-0.2, -0.15) is 0 Å². The lowest BCUT2D eigenvalue weighted by atomic mass is 10.1. The van der Waals surface area contributed by atoms with E-state index in [0.717, 1.165) is 17.4 Å². The second-order valence-corrected chi connectivity index (χ2v) is 8.99. The number of likely N-dealkylation sites (tertiary alicyclic amines) is 1. The van der Waals surface area contributed by atoms with Gasteiger partial charge >= 0.3 is 0 Å². The highest BCUT2D eigenvalue weighted by Crippen LogP contribution is 2.28. The van der Waals surface area contributed by atoms with Crippen LogP contribution in [0, 0.1) is 5.92 Å². The molecule has 1 aromatic carbocycles. The molecule has 2 aliphatic heterocycles. The standard InChI is InChI=1S/C18H25N3O4S/c1-13-12-26(24,25)21(18(13)23)16-7-5-15(6-8-16)17(22)19-11-14(2)20-9-3-4-10-20/h5-8,13-14H,3-4,9-12H2,1-2H3,(H,19,22). The van der Waals surface area contributed by atoms with Gasteiger partial charge in [0.25, 0.3) is 5.91 Å². The van der Waals surface area contributed by atoms with E-state index in [4.69, 9.17) is 0 Å². The summed E-state index contributed by atoms with van der Waals surface area (Å²) in [4.78, 5) is 26.8. The summed E-state index contributed by atoms with van der Waals surface area (Å²) in [6, 6.07) is 6.40. The molecular formula is C18H25N3O4S. The quantitative estimate of drug-likeness (QED) is 0.831. The molecule has 26 heavy (non-hydrogen) atoms. The molecule has 0 aromatic heterocycles. The topological polar surface area (TPSA) is 86.8 Å². The number of nitrogens with one attached hydrogen (secondary N) is 1. The third-order valence-electron chi connectivity index (χ3n) is 5.05. The van der Waals surface area contributed by atoms with E-state index in [9.17, 15) is 18.0 Å². The molecule has 0 bridgehead atoms. The van der Waals surface area contributed by atoms with Crippen molar-refractivity contribution in [3.8, 4) is 0 Å². The van der Waals surface area contributed by atoms with Gasteiger partial charge in [0, 0.05) is 18.2 Å². The number of hydrogen-bond donors (Lipinski definition) is 1. The molecule has 2 unspecified atom stereocenters. The van der Waals surface area contributed by atoms with Crippen LogP contribution in [-0.4, -0.2) is 56.6 Å². The Morgan fingerprint density at radius 2 is 1.85 bits per heavy atom. The normalized spacial score (nSPS) is 24.0. The van der Waals surface area contributed by atoms with E-state index >= 15 is 0 Å². The number of nitrogens with zero attached hydrogens (tertiary/aromatic N) is 2. The molecule has 0 radical (unpaired) electrons. The molecule has 1 N–H and O–H groups in total. The molecule has 1 aromatic rings. The number of carbonyl (C=O) groups is 2. The van der Waals surface area contributed by atoms with Gasteiger partial charge in [-0.1, -0.05) is 6.92 Å². The fourth-order valence-electron chi connectivity index (χ4n) is 3.49. The Morgan fingerprint density at radius 3 is 2.38 bits per heavy atom. The molecule has 2 fully saturated rings. The highest BCUT2D eigenvalue weighted by atomic mass is 32.2. The smallest absolute Gasteiger partial charge is 0.251 e. The Labute approximate surface area is 154 Å². The van der Waals surface area contributed by atoms with Gasteiger partial charge in [-0.15, -0.1) is 0 Å². The number of sulfonamides is 1. The molecule has 2 atom stereocenters. The van der Waals surface area contributed by atoms with Crippen LogP contribution in [0.15, 0.2) is 24.3 Å². The van der Waals surface area contributed by atoms with E-state index < -0.39 is 21.8 Å². The SMILES string of the molecule is CC1CS(=O)(=O)N(c2ccc(C(=O)NCC(C)N3CCCC3)cc2)C1=O. The van der Waals surface area contributed by atoms with Crippen molar-refractivity contribution in [2.75, 3.05) is 29.7 Å². The number of amides is 2. The fourth-order valence-corrected chi connectivity index (χ4v) is 5.31. The van der Waals surface area contributed by atoms with Crippen LogP contribution in [0.5, 0.6) is 0 Å². The molecule has 2 amide bonds. The van der Waals surface area contributed by atoms with Crippen LogP contribution in [0.1, 0.15) is 37.0 Å². The summed E-state index contributed by atoms with van der Waals surface area (Å²) in [5.41, 5.74) is 0.723. The van der Waals surface area contributed by atoms with Crippen molar-refractivity contribution in [3.63, 3.8) is 0 Å². The van der Waals surface area contributed by atoms with Gasteiger partial charge in [-0.05, 0) is 57.1 Å². The zero-order chi connectivity index (χ0) is 18.9. The second-order valence-electron chi connectivity index (χ2n) is 7.13. The third kappa shape index (κ3) is 3.76. The minimum absolute atomic E-state index is 0.178. The Hall–Kier alpha value is -1.93. The molecule has 7 nitrogen and oxygen atoms in total. The molecule has 2 heterocycles. The summed E-state index contributed by atoms with van der Waals surface area (Å²) < 4.78 is 25.1. The van der Waals surface area contributed by atoms with Crippen molar-refractivity contribution in [3.05, 3.63) is 29.8 Å². The highest BCUT2D eigenvalue weighted by Gasteiger charge is 2.41. The minimum atomic E-state index is -3.62. The molecule has 3 rings (SSSR count). The van der Waals surface area contributed by atoms with E-state index in [2.05, 4.69) is 17.1 Å². The number of carbonyl (C=O) groups excluding carboxylic acids is 2. The number of hydrogen-bond acceptors (Lipinski definition) is 5. The summed E-state index contributed by atoms with van der Waals surface area (Å²) in [7, 11) is -3.62. The lowest BCUT2D eigenvalue weighted by molar-refractivity contribution is -0.119. The molecule has 0 spiro atoms. The average molecular weight is 379 g/mol. The van der Waals surface area contributed by atoms with Gasteiger partial charge in [0.1, 0.15) is 0 Å². The number of rotatable bonds is 5. The summed E-state index contributed by atoms with van der Waals surface area (Å²) in [5, 5.41) is 2.92. The Bertz CT molecular complexity index is 785. The molecule has 2 saturated heterocycles. The zero-order valence-electron chi connectivity index (χ0n) is 15.1.